The number of hydrogen-bond acceptors (Lipinski definition) is 10. The van der Waals surface area contributed by atoms with Crippen LogP contribution in [-0.2, 0) is 19.2 Å². The molecule has 1 amide bonds. The quantitative estimate of drug-likeness (QED) is 0.198. The van der Waals surface area contributed by atoms with Crippen LogP contribution in [0.5, 0.6) is 16.7 Å². The van der Waals surface area contributed by atoms with Crippen molar-refractivity contribution in [2.24, 2.45) is 0 Å². The van der Waals surface area contributed by atoms with Crippen LogP contribution in [0.4, 0.5) is 18.9 Å². The summed E-state index contributed by atoms with van der Waals surface area (Å²) in [5, 5.41) is 5.60. The first-order chi connectivity index (χ1) is 20.7. The predicted octanol–water partition coefficient (Wildman–Crippen LogP) is 6.48. The summed E-state index contributed by atoms with van der Waals surface area (Å²) in [5.41, 5.74) is 3.21. The maximum atomic E-state index is 13.1. The highest BCUT2D eigenvalue weighted by molar-refractivity contribution is 7.18. The Morgan fingerprint density at radius 1 is 1.12 bits per heavy atom. The number of benzene rings is 2. The number of furan rings is 1. The number of nitrogens with zero attached hydrogens (tertiary/aromatic N) is 5. The molecule has 0 radical (unpaired) electrons. The van der Waals surface area contributed by atoms with Gasteiger partial charge in [0.05, 0.1) is 25.8 Å². The zero-order chi connectivity index (χ0) is 29.9. The van der Waals surface area contributed by atoms with Crippen molar-refractivity contribution in [1.82, 2.24) is 19.6 Å². The summed E-state index contributed by atoms with van der Waals surface area (Å²) in [6.45, 7) is 0.497. The molecule has 1 aliphatic rings. The first-order valence-corrected chi connectivity index (χ1v) is 14.5. The van der Waals surface area contributed by atoms with Crippen molar-refractivity contribution in [2.75, 3.05) is 25.7 Å². The number of amides is 1. The first kappa shape index (κ1) is 27.2. The standard InChI is InChI=1S/C28H20F3N5O5S2/c1-38-16-8-21(17-10-23(41-22(17)9-16)18-11-36-26(33-18)43-27(34-36)39-2)40-12-14-3-4-15-5-6-35(20(15)7-14)24(37)19-13-42-25(32-19)28(29,30)31/h3-4,7-11,13H,5-6,12H2,1-2H3. The minimum Gasteiger partial charge on any atom is -0.496 e. The number of carbonyl (C=O) groups excluding carboxylic acids is 1. The van der Waals surface area contributed by atoms with E-state index in [2.05, 4.69) is 15.1 Å². The Kier molecular flexibility index (Phi) is 6.50. The summed E-state index contributed by atoms with van der Waals surface area (Å²) in [6.07, 6.45) is -2.27. The van der Waals surface area contributed by atoms with Crippen LogP contribution in [0.25, 0.3) is 27.4 Å². The number of imidazole rings is 1. The number of carbonyl (C=O) groups is 1. The molecule has 0 saturated carbocycles. The number of thiazole rings is 1. The van der Waals surface area contributed by atoms with Crippen LogP contribution in [0.1, 0.15) is 26.6 Å². The zero-order valence-electron chi connectivity index (χ0n) is 22.5. The summed E-state index contributed by atoms with van der Waals surface area (Å²) in [7, 11) is 3.09. The monoisotopic (exact) mass is 627 g/mol. The molecular formula is C28H20F3N5O5S2. The Bertz CT molecular complexity index is 1980. The van der Waals surface area contributed by atoms with Crippen molar-refractivity contribution in [3.8, 4) is 28.1 Å². The lowest BCUT2D eigenvalue weighted by Gasteiger charge is -2.17. The molecule has 0 fully saturated rings. The van der Waals surface area contributed by atoms with Crippen molar-refractivity contribution in [2.45, 2.75) is 19.2 Å². The average Bonchev–Trinajstić information content (AvgIpc) is 3.81. The molecule has 5 heterocycles. The highest BCUT2D eigenvalue weighted by Gasteiger charge is 2.36. The second-order valence-electron chi connectivity index (χ2n) is 9.57. The maximum Gasteiger partial charge on any atom is 0.443 e. The molecule has 0 aliphatic carbocycles. The predicted molar refractivity (Wildman–Crippen MR) is 152 cm³/mol. The van der Waals surface area contributed by atoms with Crippen molar-refractivity contribution in [3.05, 3.63) is 69.8 Å². The van der Waals surface area contributed by atoms with Crippen LogP contribution in [0.3, 0.4) is 0 Å². The lowest BCUT2D eigenvalue weighted by Crippen LogP contribution is -2.29. The van der Waals surface area contributed by atoms with Gasteiger partial charge in [-0.2, -0.15) is 13.2 Å². The number of methoxy groups -OCH3 is 2. The largest absolute Gasteiger partial charge is 0.496 e. The molecular weight excluding hydrogens is 607 g/mol. The summed E-state index contributed by atoms with van der Waals surface area (Å²) < 4.78 is 63.7. The summed E-state index contributed by atoms with van der Waals surface area (Å²) in [5.74, 6) is 0.998. The fourth-order valence-electron chi connectivity index (χ4n) is 4.86. The van der Waals surface area contributed by atoms with E-state index in [1.807, 2.05) is 24.3 Å². The fraction of sp³-hybridized carbons (Fsp3) is 0.214. The highest BCUT2D eigenvalue weighted by Crippen LogP contribution is 2.38. The Morgan fingerprint density at radius 3 is 2.72 bits per heavy atom. The molecule has 2 aromatic carbocycles. The van der Waals surface area contributed by atoms with E-state index in [0.29, 0.717) is 74.1 Å². The Labute approximate surface area is 248 Å². The molecule has 0 unspecified atom stereocenters. The Hall–Kier alpha value is -4.63. The SMILES string of the molecule is COc1cc(OCc2ccc3c(c2)N(C(=O)c2csc(C(F)(F)F)n2)CC3)c2cc(-c3cn4nc(OC)sc4n3)oc2c1. The van der Waals surface area contributed by atoms with Gasteiger partial charge in [0.25, 0.3) is 11.1 Å². The minimum absolute atomic E-state index is 0.150. The molecule has 0 spiro atoms. The van der Waals surface area contributed by atoms with Crippen molar-refractivity contribution in [1.29, 1.82) is 0 Å². The number of aromatic nitrogens is 4. The van der Waals surface area contributed by atoms with Crippen molar-refractivity contribution >= 4 is 50.2 Å². The molecule has 0 bridgehead atoms. The molecule has 7 rings (SSSR count). The van der Waals surface area contributed by atoms with Gasteiger partial charge in [-0.1, -0.05) is 12.1 Å². The number of rotatable bonds is 7. The molecule has 4 aromatic heterocycles. The van der Waals surface area contributed by atoms with Crippen LogP contribution in [0, 0.1) is 0 Å². The third-order valence-corrected chi connectivity index (χ3v) is 8.68. The third-order valence-electron chi connectivity index (χ3n) is 6.91. The molecule has 0 atom stereocenters. The number of ether oxygens (including phenoxy) is 3. The van der Waals surface area contributed by atoms with Crippen LogP contribution in [-0.4, -0.2) is 46.3 Å². The molecule has 1 aliphatic heterocycles. The van der Waals surface area contributed by atoms with E-state index >= 15 is 0 Å². The molecule has 43 heavy (non-hydrogen) atoms. The molecule has 0 saturated heterocycles. The number of alkyl halides is 3. The van der Waals surface area contributed by atoms with E-state index in [1.165, 1.54) is 16.2 Å². The molecule has 0 N–H and O–H groups in total. The number of hydrogen-bond donors (Lipinski definition) is 0. The first-order valence-electron chi connectivity index (χ1n) is 12.8. The van der Waals surface area contributed by atoms with Gasteiger partial charge in [0.1, 0.15) is 35.1 Å². The summed E-state index contributed by atoms with van der Waals surface area (Å²) >= 11 is 1.71. The van der Waals surface area contributed by atoms with Gasteiger partial charge in [0.15, 0.2) is 10.8 Å². The van der Waals surface area contributed by atoms with E-state index < -0.39 is 17.1 Å². The van der Waals surface area contributed by atoms with Gasteiger partial charge in [-0.3, -0.25) is 4.79 Å². The normalized spacial score (nSPS) is 13.2. The minimum atomic E-state index is -4.60. The molecule has 220 valence electrons. The highest BCUT2D eigenvalue weighted by atomic mass is 32.1. The van der Waals surface area contributed by atoms with Gasteiger partial charge < -0.3 is 23.5 Å². The second-order valence-corrected chi connectivity index (χ2v) is 11.3. The average molecular weight is 628 g/mol. The van der Waals surface area contributed by atoms with Gasteiger partial charge in [0.2, 0.25) is 4.96 Å². The van der Waals surface area contributed by atoms with E-state index in [4.69, 9.17) is 18.6 Å². The third kappa shape index (κ3) is 4.93. The van der Waals surface area contributed by atoms with E-state index in [-0.39, 0.29) is 12.3 Å². The number of halogens is 3. The van der Waals surface area contributed by atoms with Gasteiger partial charge in [-0.25, -0.2) is 14.5 Å². The summed E-state index contributed by atoms with van der Waals surface area (Å²) in [4.78, 5) is 23.3. The zero-order valence-corrected chi connectivity index (χ0v) is 24.1. The van der Waals surface area contributed by atoms with E-state index in [0.717, 1.165) is 16.5 Å². The van der Waals surface area contributed by atoms with Crippen molar-refractivity contribution in [3.63, 3.8) is 0 Å². The second kappa shape index (κ2) is 10.3. The topological polar surface area (TPSA) is 104 Å². The smallest absolute Gasteiger partial charge is 0.443 e. The van der Waals surface area contributed by atoms with Crippen LogP contribution in [0.2, 0.25) is 0 Å². The number of fused-ring (bicyclic) bond motifs is 3. The molecule has 15 heteroatoms. The Morgan fingerprint density at radius 2 is 1.98 bits per heavy atom. The maximum absolute atomic E-state index is 13.1. The van der Waals surface area contributed by atoms with Gasteiger partial charge >= 0.3 is 6.18 Å². The van der Waals surface area contributed by atoms with Gasteiger partial charge in [0, 0.05) is 29.7 Å². The van der Waals surface area contributed by atoms with Crippen LogP contribution >= 0.6 is 22.7 Å². The lowest BCUT2D eigenvalue weighted by atomic mass is 10.1. The van der Waals surface area contributed by atoms with Gasteiger partial charge in [-0.05, 0) is 41.0 Å². The summed E-state index contributed by atoms with van der Waals surface area (Å²) in [6, 6.07) is 11.0. The van der Waals surface area contributed by atoms with Gasteiger partial charge in [-0.15, -0.1) is 16.4 Å². The Balaban J connectivity index is 1.14. The molecule has 6 aromatic rings. The van der Waals surface area contributed by atoms with E-state index in [9.17, 15) is 18.0 Å². The molecule has 10 nitrogen and oxygen atoms in total. The number of anilines is 1. The van der Waals surface area contributed by atoms with Crippen molar-refractivity contribution < 1.29 is 36.6 Å². The van der Waals surface area contributed by atoms with Crippen LogP contribution < -0.4 is 19.1 Å². The lowest BCUT2D eigenvalue weighted by molar-refractivity contribution is -0.137. The fourth-order valence-corrected chi connectivity index (χ4v) is 6.22. The van der Waals surface area contributed by atoms with Crippen LogP contribution in [0.15, 0.2) is 52.4 Å². The van der Waals surface area contributed by atoms with E-state index in [1.54, 1.807) is 37.1 Å².